The quantitative estimate of drug-likeness (QED) is 0.647. The minimum atomic E-state index is -0.513. The van der Waals surface area contributed by atoms with Crippen LogP contribution in [0, 0.1) is 5.41 Å². The van der Waals surface area contributed by atoms with E-state index in [1.54, 1.807) is 0 Å². The first-order chi connectivity index (χ1) is 10.6. The highest BCUT2D eigenvalue weighted by Gasteiger charge is 2.32. The summed E-state index contributed by atoms with van der Waals surface area (Å²) >= 11 is 0. The third-order valence-electron chi connectivity index (χ3n) is 4.20. The molecule has 1 aromatic carbocycles. The van der Waals surface area contributed by atoms with Gasteiger partial charge in [-0.15, -0.1) is 0 Å². The molecule has 0 aliphatic rings. The van der Waals surface area contributed by atoms with E-state index in [0.717, 1.165) is 5.56 Å². The molecule has 0 fully saturated rings. The van der Waals surface area contributed by atoms with Crippen LogP contribution in [0.4, 0.5) is 0 Å². The van der Waals surface area contributed by atoms with E-state index >= 15 is 0 Å². The maximum absolute atomic E-state index is 12.2. The maximum atomic E-state index is 12.2. The van der Waals surface area contributed by atoms with Crippen LogP contribution in [0.2, 0.25) is 0 Å². The van der Waals surface area contributed by atoms with Gasteiger partial charge < -0.3 is 16.4 Å². The fourth-order valence-electron chi connectivity index (χ4n) is 2.31. The van der Waals surface area contributed by atoms with Gasteiger partial charge in [0.25, 0.3) is 0 Å². The zero-order valence-corrected chi connectivity index (χ0v) is 13.5. The summed E-state index contributed by atoms with van der Waals surface area (Å²) in [6.07, 6.45) is 1.67. The van der Waals surface area contributed by atoms with Gasteiger partial charge in [-0.3, -0.25) is 9.59 Å². The number of hydrogen-bond acceptors (Lipinski definition) is 3. The molecule has 0 aromatic heterocycles. The van der Waals surface area contributed by atoms with Crippen molar-refractivity contribution in [2.45, 2.75) is 39.7 Å². The lowest BCUT2D eigenvalue weighted by Crippen LogP contribution is -2.46. The third kappa shape index (κ3) is 5.15. The predicted molar refractivity (Wildman–Crippen MR) is 88.0 cm³/mol. The lowest BCUT2D eigenvalue weighted by atomic mass is 9.81. The second-order valence-electron chi connectivity index (χ2n) is 5.46. The van der Waals surface area contributed by atoms with Crippen molar-refractivity contribution in [3.05, 3.63) is 35.9 Å². The predicted octanol–water partition coefficient (Wildman–Crippen LogP) is 1.57. The number of benzene rings is 1. The zero-order valence-electron chi connectivity index (χ0n) is 13.5. The Balaban J connectivity index is 2.31. The molecule has 0 atom stereocenters. The highest BCUT2D eigenvalue weighted by molar-refractivity contribution is 5.83. The van der Waals surface area contributed by atoms with Crippen molar-refractivity contribution in [2.75, 3.05) is 13.1 Å². The fraction of sp³-hybridized carbons (Fsp3) is 0.529. The van der Waals surface area contributed by atoms with Gasteiger partial charge in [-0.05, 0) is 18.4 Å². The van der Waals surface area contributed by atoms with Gasteiger partial charge >= 0.3 is 0 Å². The second-order valence-corrected chi connectivity index (χ2v) is 5.46. The molecular weight excluding hydrogens is 278 g/mol. The molecule has 0 saturated heterocycles. The molecule has 122 valence electrons. The Labute approximate surface area is 132 Å². The van der Waals surface area contributed by atoms with Gasteiger partial charge in [0, 0.05) is 26.1 Å². The molecule has 0 spiro atoms. The minimum absolute atomic E-state index is 0.0594. The van der Waals surface area contributed by atoms with E-state index in [1.807, 2.05) is 44.2 Å². The van der Waals surface area contributed by atoms with Gasteiger partial charge in [0.05, 0.1) is 5.41 Å². The molecule has 0 aliphatic carbocycles. The molecule has 5 heteroatoms. The van der Waals surface area contributed by atoms with E-state index in [9.17, 15) is 9.59 Å². The van der Waals surface area contributed by atoms with E-state index in [2.05, 4.69) is 10.6 Å². The zero-order chi connectivity index (χ0) is 16.4. The first-order valence-corrected chi connectivity index (χ1v) is 7.87. The van der Waals surface area contributed by atoms with Crippen molar-refractivity contribution in [1.82, 2.24) is 10.6 Å². The van der Waals surface area contributed by atoms with Crippen LogP contribution in [0.5, 0.6) is 0 Å². The molecule has 0 aliphatic heterocycles. The van der Waals surface area contributed by atoms with E-state index in [4.69, 9.17) is 5.73 Å². The lowest BCUT2D eigenvalue weighted by Gasteiger charge is -2.28. The summed E-state index contributed by atoms with van der Waals surface area (Å²) in [5.74, 6) is -0.133. The standard InChI is InChI=1S/C17H27N3O2/c1-3-17(4-2,13-18)16(22)19-11-10-15(21)20-12-14-8-6-5-7-9-14/h5-9H,3-4,10-13,18H2,1-2H3,(H,19,22)(H,20,21). The number of nitrogens with two attached hydrogens (primary N) is 1. The Morgan fingerprint density at radius 1 is 1.09 bits per heavy atom. The summed E-state index contributed by atoms with van der Waals surface area (Å²) in [5, 5.41) is 5.66. The second kappa shape index (κ2) is 9.20. The van der Waals surface area contributed by atoms with E-state index in [-0.39, 0.29) is 18.2 Å². The first-order valence-electron chi connectivity index (χ1n) is 7.87. The van der Waals surface area contributed by atoms with Gasteiger partial charge in [-0.1, -0.05) is 44.2 Å². The molecule has 0 radical (unpaired) electrons. The highest BCUT2D eigenvalue weighted by atomic mass is 16.2. The van der Waals surface area contributed by atoms with Crippen LogP contribution in [0.3, 0.4) is 0 Å². The van der Waals surface area contributed by atoms with Crippen LogP contribution in [-0.4, -0.2) is 24.9 Å². The number of hydrogen-bond donors (Lipinski definition) is 3. The molecular formula is C17H27N3O2. The van der Waals surface area contributed by atoms with E-state index in [1.165, 1.54) is 0 Å². The molecule has 0 unspecified atom stereocenters. The molecule has 5 nitrogen and oxygen atoms in total. The molecule has 22 heavy (non-hydrogen) atoms. The fourth-order valence-corrected chi connectivity index (χ4v) is 2.31. The molecule has 0 heterocycles. The van der Waals surface area contributed by atoms with Gasteiger partial charge in [0.15, 0.2) is 0 Å². The summed E-state index contributed by atoms with van der Waals surface area (Å²) in [5.41, 5.74) is 6.27. The highest BCUT2D eigenvalue weighted by Crippen LogP contribution is 2.24. The number of amides is 2. The van der Waals surface area contributed by atoms with Gasteiger partial charge in [0.1, 0.15) is 0 Å². The van der Waals surface area contributed by atoms with Crippen LogP contribution < -0.4 is 16.4 Å². The summed E-state index contributed by atoms with van der Waals surface area (Å²) in [4.78, 5) is 24.0. The Morgan fingerprint density at radius 2 is 1.73 bits per heavy atom. The molecule has 4 N–H and O–H groups in total. The van der Waals surface area contributed by atoms with Crippen LogP contribution in [0.1, 0.15) is 38.7 Å². The molecule has 0 bridgehead atoms. The lowest BCUT2D eigenvalue weighted by molar-refractivity contribution is -0.131. The Kier molecular flexibility index (Phi) is 7.60. The largest absolute Gasteiger partial charge is 0.355 e. The Hall–Kier alpha value is -1.88. The SMILES string of the molecule is CCC(CC)(CN)C(=O)NCCC(=O)NCc1ccccc1. The smallest absolute Gasteiger partial charge is 0.227 e. The molecule has 2 amide bonds. The molecule has 0 saturated carbocycles. The molecule has 1 aromatic rings. The monoisotopic (exact) mass is 305 g/mol. The van der Waals surface area contributed by atoms with Crippen molar-refractivity contribution in [3.63, 3.8) is 0 Å². The van der Waals surface area contributed by atoms with Crippen LogP contribution in [0.25, 0.3) is 0 Å². The summed E-state index contributed by atoms with van der Waals surface area (Å²) in [7, 11) is 0. The first kappa shape index (κ1) is 18.2. The van der Waals surface area contributed by atoms with Crippen molar-refractivity contribution in [3.8, 4) is 0 Å². The van der Waals surface area contributed by atoms with Crippen molar-refractivity contribution < 1.29 is 9.59 Å². The molecule has 1 rings (SSSR count). The third-order valence-corrected chi connectivity index (χ3v) is 4.20. The van der Waals surface area contributed by atoms with Crippen molar-refractivity contribution in [1.29, 1.82) is 0 Å². The van der Waals surface area contributed by atoms with Crippen LogP contribution >= 0.6 is 0 Å². The van der Waals surface area contributed by atoms with E-state index < -0.39 is 5.41 Å². The normalized spacial score (nSPS) is 11.0. The van der Waals surface area contributed by atoms with Gasteiger partial charge in [-0.2, -0.15) is 0 Å². The summed E-state index contributed by atoms with van der Waals surface area (Å²) in [6, 6.07) is 9.72. The number of nitrogens with one attached hydrogen (secondary N) is 2. The number of carbonyl (C=O) groups excluding carboxylic acids is 2. The topological polar surface area (TPSA) is 84.2 Å². The van der Waals surface area contributed by atoms with Gasteiger partial charge in [0.2, 0.25) is 11.8 Å². The van der Waals surface area contributed by atoms with Crippen molar-refractivity contribution in [2.24, 2.45) is 11.1 Å². The number of rotatable bonds is 9. The average molecular weight is 305 g/mol. The number of carbonyl (C=O) groups is 2. The summed E-state index contributed by atoms with van der Waals surface area (Å²) in [6.45, 7) is 5.09. The Bertz CT molecular complexity index is 462. The average Bonchev–Trinajstić information content (AvgIpc) is 2.56. The maximum Gasteiger partial charge on any atom is 0.227 e. The Morgan fingerprint density at radius 3 is 2.27 bits per heavy atom. The van der Waals surface area contributed by atoms with Crippen LogP contribution in [0.15, 0.2) is 30.3 Å². The summed E-state index contributed by atoms with van der Waals surface area (Å²) < 4.78 is 0. The minimum Gasteiger partial charge on any atom is -0.355 e. The van der Waals surface area contributed by atoms with Crippen molar-refractivity contribution >= 4 is 11.8 Å². The van der Waals surface area contributed by atoms with E-state index in [0.29, 0.717) is 32.5 Å². The van der Waals surface area contributed by atoms with Crippen LogP contribution in [-0.2, 0) is 16.1 Å². The van der Waals surface area contributed by atoms with Gasteiger partial charge in [-0.25, -0.2) is 0 Å².